The monoisotopic (exact) mass is 308 g/mol. The van der Waals surface area contributed by atoms with E-state index in [0.29, 0.717) is 0 Å². The molecule has 0 saturated heterocycles. The standard InChI is InChI=1S/C18H20FNO2/c1-13(14(2)21)20-11-15-6-8-18(9-7-15)22-12-16-4-3-5-17(19)10-16/h3-10,13,20H,11-12H2,1-2H3/t13-/m0/s1/i1D3,11D2,12D2. The van der Waals surface area contributed by atoms with Gasteiger partial charge < -0.3 is 10.1 Å². The third-order valence-corrected chi connectivity index (χ3v) is 2.73. The molecule has 0 spiro atoms. The smallest absolute Gasteiger partial charge is 0.146 e. The lowest BCUT2D eigenvalue weighted by Gasteiger charge is -2.11. The zero-order chi connectivity index (χ0) is 22.0. The van der Waals surface area contributed by atoms with Crippen molar-refractivity contribution in [3.8, 4) is 5.75 Å². The lowest BCUT2D eigenvalue weighted by atomic mass is 10.2. The molecule has 1 atom stereocenters. The fraction of sp³-hybridized carbons (Fsp3) is 0.278. The molecule has 0 bridgehead atoms. The van der Waals surface area contributed by atoms with Gasteiger partial charge in [0.05, 0.1) is 8.78 Å². The zero-order valence-electron chi connectivity index (χ0n) is 18.9. The van der Waals surface area contributed by atoms with E-state index in [0.717, 1.165) is 13.0 Å². The highest BCUT2D eigenvalue weighted by Gasteiger charge is 2.06. The maximum atomic E-state index is 13.3. The lowest BCUT2D eigenvalue weighted by molar-refractivity contribution is -0.118. The summed E-state index contributed by atoms with van der Waals surface area (Å²) in [6, 6.07) is 8.37. The number of Topliss-reactive ketones (excluding diaryl/α,β-unsaturated/α-hetero) is 1. The van der Waals surface area contributed by atoms with E-state index in [1.165, 1.54) is 42.5 Å². The molecule has 0 heterocycles. The number of benzene rings is 2. The SMILES string of the molecule is [2H]C([2H])(N[C@H](C(C)=O)C([2H])([2H])[2H])c1ccc(OC([2H])([2H])c2cccc(F)c2)cc1. The van der Waals surface area contributed by atoms with Crippen LogP contribution in [0.5, 0.6) is 5.75 Å². The third-order valence-electron chi connectivity index (χ3n) is 2.73. The van der Waals surface area contributed by atoms with E-state index in [2.05, 4.69) is 5.32 Å². The lowest BCUT2D eigenvalue weighted by Crippen LogP contribution is -2.31. The van der Waals surface area contributed by atoms with E-state index in [4.69, 9.17) is 14.3 Å². The summed E-state index contributed by atoms with van der Waals surface area (Å²) in [7, 11) is 0. The number of hydrogen-bond acceptors (Lipinski definition) is 3. The number of nitrogens with one attached hydrogen (secondary N) is 1. The maximum Gasteiger partial charge on any atom is 0.146 e. The Morgan fingerprint density at radius 1 is 1.32 bits per heavy atom. The van der Waals surface area contributed by atoms with Crippen molar-refractivity contribution in [2.45, 2.75) is 32.9 Å². The number of halogens is 1. The fourth-order valence-corrected chi connectivity index (χ4v) is 1.53. The van der Waals surface area contributed by atoms with Crippen LogP contribution in [0, 0.1) is 5.82 Å². The van der Waals surface area contributed by atoms with Gasteiger partial charge in [-0.05, 0) is 49.2 Å². The first-order valence-corrected chi connectivity index (χ1v) is 6.56. The highest BCUT2D eigenvalue weighted by molar-refractivity contribution is 5.80. The molecule has 0 aromatic heterocycles. The van der Waals surface area contributed by atoms with Crippen LogP contribution < -0.4 is 10.1 Å². The van der Waals surface area contributed by atoms with Crippen molar-refractivity contribution < 1.29 is 23.5 Å². The molecule has 2 aromatic carbocycles. The number of ether oxygens (including phenoxy) is 1. The van der Waals surface area contributed by atoms with Crippen molar-refractivity contribution in [3.05, 3.63) is 65.5 Å². The molecule has 3 nitrogen and oxygen atoms in total. The van der Waals surface area contributed by atoms with Crippen molar-refractivity contribution in [2.24, 2.45) is 0 Å². The van der Waals surface area contributed by atoms with Gasteiger partial charge >= 0.3 is 0 Å². The van der Waals surface area contributed by atoms with Crippen molar-refractivity contribution in [1.82, 2.24) is 5.32 Å². The number of carbonyl (C=O) groups excluding carboxylic acids is 1. The molecule has 22 heavy (non-hydrogen) atoms. The van der Waals surface area contributed by atoms with E-state index < -0.39 is 37.6 Å². The average Bonchev–Trinajstić information content (AvgIpc) is 2.59. The summed E-state index contributed by atoms with van der Waals surface area (Å²) in [4.78, 5) is 11.6. The Kier molecular flexibility index (Phi) is 3.17. The predicted molar refractivity (Wildman–Crippen MR) is 84.2 cm³/mol. The molecule has 0 radical (unpaired) electrons. The topological polar surface area (TPSA) is 38.3 Å². The van der Waals surface area contributed by atoms with Crippen LogP contribution in [0.2, 0.25) is 0 Å². The molecule has 0 unspecified atom stereocenters. The molecular weight excluding hydrogens is 281 g/mol. The Labute approximate surface area is 140 Å². The highest BCUT2D eigenvalue weighted by atomic mass is 19.1. The Morgan fingerprint density at radius 3 is 2.73 bits per heavy atom. The summed E-state index contributed by atoms with van der Waals surface area (Å²) >= 11 is 0. The van der Waals surface area contributed by atoms with Gasteiger partial charge in [-0.2, -0.15) is 0 Å². The molecule has 0 aliphatic rings. The Balaban J connectivity index is 2.19. The van der Waals surface area contributed by atoms with Crippen LogP contribution in [0.3, 0.4) is 0 Å². The zero-order valence-corrected chi connectivity index (χ0v) is 11.9. The number of hydrogen-bond donors (Lipinski definition) is 1. The quantitative estimate of drug-likeness (QED) is 0.851. The summed E-state index contributed by atoms with van der Waals surface area (Å²) in [5.74, 6) is -1.28. The van der Waals surface area contributed by atoms with Gasteiger partial charge in [-0.3, -0.25) is 4.79 Å². The van der Waals surface area contributed by atoms with Crippen molar-refractivity contribution in [1.29, 1.82) is 0 Å². The van der Waals surface area contributed by atoms with Crippen LogP contribution in [0.25, 0.3) is 0 Å². The number of ketones is 1. The Morgan fingerprint density at radius 2 is 2.09 bits per heavy atom. The van der Waals surface area contributed by atoms with Crippen molar-refractivity contribution in [2.75, 3.05) is 0 Å². The Hall–Kier alpha value is -2.20. The van der Waals surface area contributed by atoms with Crippen LogP contribution in [0.1, 0.15) is 34.5 Å². The van der Waals surface area contributed by atoms with Gasteiger partial charge in [0.2, 0.25) is 0 Å². The van der Waals surface area contributed by atoms with Gasteiger partial charge in [0, 0.05) is 13.4 Å². The maximum absolute atomic E-state index is 13.3. The van der Waals surface area contributed by atoms with Crippen molar-refractivity contribution >= 4 is 5.78 Å². The first-order valence-electron chi connectivity index (χ1n) is 10.1. The van der Waals surface area contributed by atoms with E-state index in [1.807, 2.05) is 0 Å². The minimum Gasteiger partial charge on any atom is -0.489 e. The molecule has 4 heteroatoms. The molecule has 0 aliphatic carbocycles. The minimum atomic E-state index is -2.72. The number of carbonyl (C=O) groups is 1. The highest BCUT2D eigenvalue weighted by Crippen LogP contribution is 2.15. The summed E-state index contributed by atoms with van der Waals surface area (Å²) in [5, 5.41) is 2.21. The second kappa shape index (κ2) is 7.71. The van der Waals surface area contributed by atoms with Crippen LogP contribution in [0.4, 0.5) is 4.39 Å². The average molecular weight is 308 g/mol. The second-order valence-electron chi connectivity index (χ2n) is 4.55. The second-order valence-corrected chi connectivity index (χ2v) is 4.55. The van der Waals surface area contributed by atoms with Gasteiger partial charge in [0.25, 0.3) is 0 Å². The van der Waals surface area contributed by atoms with Crippen LogP contribution in [-0.4, -0.2) is 11.8 Å². The molecule has 0 fully saturated rings. The van der Waals surface area contributed by atoms with Gasteiger partial charge in [-0.1, -0.05) is 24.3 Å². The molecule has 2 aromatic rings. The molecule has 0 aliphatic heterocycles. The molecule has 0 amide bonds. The predicted octanol–water partition coefficient (Wildman–Crippen LogP) is 3.47. The van der Waals surface area contributed by atoms with E-state index >= 15 is 0 Å². The van der Waals surface area contributed by atoms with Gasteiger partial charge in [0.15, 0.2) is 0 Å². The summed E-state index contributed by atoms with van der Waals surface area (Å²) in [5.41, 5.74) is -0.00721. The molecular formula is C18H20FNO2. The molecule has 2 rings (SSSR count). The number of rotatable bonds is 7. The molecule has 116 valence electrons. The molecule has 1 N–H and O–H groups in total. The van der Waals surface area contributed by atoms with E-state index in [1.54, 1.807) is 0 Å². The largest absolute Gasteiger partial charge is 0.489 e. The van der Waals surface area contributed by atoms with E-state index in [9.17, 15) is 9.18 Å². The summed E-state index contributed by atoms with van der Waals surface area (Å²) in [6.45, 7) is -6.33. The Bertz CT molecular complexity index is 869. The molecule has 0 saturated carbocycles. The van der Waals surface area contributed by atoms with Crippen LogP contribution >= 0.6 is 0 Å². The fourth-order valence-electron chi connectivity index (χ4n) is 1.53. The van der Waals surface area contributed by atoms with Gasteiger partial charge in [-0.25, -0.2) is 4.39 Å². The van der Waals surface area contributed by atoms with Gasteiger partial charge in [0.1, 0.15) is 23.9 Å². The third kappa shape index (κ3) is 4.97. The first kappa shape index (κ1) is 9.06. The summed E-state index contributed by atoms with van der Waals surface area (Å²) in [6.07, 6.45) is 0. The minimum absolute atomic E-state index is 0.0201. The van der Waals surface area contributed by atoms with Crippen molar-refractivity contribution in [3.63, 3.8) is 0 Å². The normalized spacial score (nSPS) is 18.5. The van der Waals surface area contributed by atoms with Gasteiger partial charge in [-0.15, -0.1) is 0 Å². The van der Waals surface area contributed by atoms with Crippen LogP contribution in [0.15, 0.2) is 48.5 Å². The first-order chi connectivity index (χ1) is 13.2. The summed E-state index contributed by atoms with van der Waals surface area (Å²) < 4.78 is 72.9. The van der Waals surface area contributed by atoms with E-state index in [-0.39, 0.29) is 16.9 Å². The van der Waals surface area contributed by atoms with Crippen LogP contribution in [-0.2, 0) is 17.9 Å².